The van der Waals surface area contributed by atoms with Gasteiger partial charge in [0.1, 0.15) is 6.29 Å². The lowest BCUT2D eigenvalue weighted by Crippen LogP contribution is -2.17. The summed E-state index contributed by atoms with van der Waals surface area (Å²) in [6.07, 6.45) is 1.16. The van der Waals surface area contributed by atoms with Crippen molar-refractivity contribution in [2.75, 3.05) is 19.0 Å². The van der Waals surface area contributed by atoms with E-state index in [-0.39, 0.29) is 11.8 Å². The summed E-state index contributed by atoms with van der Waals surface area (Å²) in [7, 11) is 1.61. The molecule has 1 unspecified atom stereocenters. The normalized spacial score (nSPS) is 11.9. The molecular formula is C13H17NO3. The first kappa shape index (κ1) is 13.4. The lowest BCUT2D eigenvalue weighted by atomic mass is 10.1. The van der Waals surface area contributed by atoms with Gasteiger partial charge in [-0.25, -0.2) is 0 Å². The highest BCUT2D eigenvalue weighted by Gasteiger charge is 2.09. The van der Waals surface area contributed by atoms with Crippen LogP contribution in [0.1, 0.15) is 23.7 Å². The number of carbonyl (C=O) groups excluding carboxylic acids is 2. The summed E-state index contributed by atoms with van der Waals surface area (Å²) in [4.78, 5) is 22.2. The Morgan fingerprint density at radius 3 is 2.94 bits per heavy atom. The van der Waals surface area contributed by atoms with E-state index in [9.17, 15) is 9.59 Å². The second-order valence-corrected chi connectivity index (χ2v) is 4.06. The largest absolute Gasteiger partial charge is 0.384 e. The van der Waals surface area contributed by atoms with Crippen molar-refractivity contribution in [1.29, 1.82) is 0 Å². The molecule has 0 aromatic heterocycles. The van der Waals surface area contributed by atoms with Crippen molar-refractivity contribution < 1.29 is 14.3 Å². The maximum absolute atomic E-state index is 11.6. The fourth-order valence-corrected chi connectivity index (χ4v) is 1.56. The van der Waals surface area contributed by atoms with Gasteiger partial charge in [-0.3, -0.25) is 9.59 Å². The Kier molecular flexibility index (Phi) is 5.36. The van der Waals surface area contributed by atoms with E-state index in [4.69, 9.17) is 4.74 Å². The van der Waals surface area contributed by atoms with Crippen LogP contribution in [0.4, 0.5) is 5.69 Å². The number of aldehydes is 1. The Morgan fingerprint density at radius 1 is 1.53 bits per heavy atom. The molecule has 0 saturated carbocycles. The fourth-order valence-electron chi connectivity index (χ4n) is 1.56. The van der Waals surface area contributed by atoms with Gasteiger partial charge in [0, 0.05) is 31.4 Å². The van der Waals surface area contributed by atoms with Gasteiger partial charge in [-0.2, -0.15) is 0 Å². The average Bonchev–Trinajstić information content (AvgIpc) is 2.29. The highest BCUT2D eigenvalue weighted by Crippen LogP contribution is 2.11. The van der Waals surface area contributed by atoms with Gasteiger partial charge in [0.05, 0.1) is 0 Å². The molecule has 0 radical (unpaired) electrons. The molecule has 1 atom stereocenters. The van der Waals surface area contributed by atoms with Crippen molar-refractivity contribution in [1.82, 2.24) is 0 Å². The molecule has 0 spiro atoms. The van der Waals surface area contributed by atoms with Crippen LogP contribution in [0.2, 0.25) is 0 Å². The van der Waals surface area contributed by atoms with Crippen molar-refractivity contribution in [3.8, 4) is 0 Å². The van der Waals surface area contributed by atoms with Crippen LogP contribution in [0, 0.1) is 5.92 Å². The SMILES string of the molecule is COCC(C)CC(=O)Nc1cccc(C=O)c1. The highest BCUT2D eigenvalue weighted by atomic mass is 16.5. The number of hydrogen-bond donors (Lipinski definition) is 1. The summed E-state index contributed by atoms with van der Waals surface area (Å²) in [6, 6.07) is 6.83. The summed E-state index contributed by atoms with van der Waals surface area (Å²) in [5, 5.41) is 2.75. The van der Waals surface area contributed by atoms with E-state index in [1.54, 1.807) is 31.4 Å². The van der Waals surface area contributed by atoms with E-state index < -0.39 is 0 Å². The van der Waals surface area contributed by atoms with E-state index in [1.807, 2.05) is 6.92 Å². The highest BCUT2D eigenvalue weighted by molar-refractivity contribution is 5.91. The number of nitrogens with one attached hydrogen (secondary N) is 1. The van der Waals surface area contributed by atoms with Crippen LogP contribution in [0.3, 0.4) is 0 Å². The van der Waals surface area contributed by atoms with Crippen molar-refractivity contribution in [2.45, 2.75) is 13.3 Å². The average molecular weight is 235 g/mol. The van der Waals surface area contributed by atoms with Crippen LogP contribution in [-0.2, 0) is 9.53 Å². The topological polar surface area (TPSA) is 55.4 Å². The van der Waals surface area contributed by atoms with Crippen LogP contribution in [0.5, 0.6) is 0 Å². The second-order valence-electron chi connectivity index (χ2n) is 4.06. The summed E-state index contributed by atoms with van der Waals surface area (Å²) >= 11 is 0. The molecule has 0 aliphatic heterocycles. The Balaban J connectivity index is 2.52. The molecule has 0 heterocycles. The van der Waals surface area contributed by atoms with Crippen molar-refractivity contribution in [2.24, 2.45) is 5.92 Å². The molecule has 17 heavy (non-hydrogen) atoms. The molecule has 0 aliphatic rings. The predicted octanol–water partition coefficient (Wildman–Crippen LogP) is 2.11. The third kappa shape index (κ3) is 4.78. The maximum atomic E-state index is 11.6. The first-order chi connectivity index (χ1) is 8.15. The van der Waals surface area contributed by atoms with Crippen molar-refractivity contribution in [3.05, 3.63) is 29.8 Å². The Morgan fingerprint density at radius 2 is 2.29 bits per heavy atom. The monoisotopic (exact) mass is 235 g/mol. The number of amides is 1. The lowest BCUT2D eigenvalue weighted by molar-refractivity contribution is -0.117. The third-order valence-corrected chi connectivity index (χ3v) is 2.29. The van der Waals surface area contributed by atoms with Crippen molar-refractivity contribution in [3.63, 3.8) is 0 Å². The van der Waals surface area contributed by atoms with Gasteiger partial charge in [-0.05, 0) is 18.1 Å². The molecule has 0 fully saturated rings. The molecule has 4 heteroatoms. The fraction of sp³-hybridized carbons (Fsp3) is 0.385. The predicted molar refractivity (Wildman–Crippen MR) is 66.1 cm³/mol. The standard InChI is InChI=1S/C13H17NO3/c1-10(9-17-2)6-13(16)14-12-5-3-4-11(7-12)8-15/h3-5,7-8,10H,6,9H2,1-2H3,(H,14,16). The number of carbonyl (C=O) groups is 2. The van der Waals surface area contributed by atoms with Gasteiger partial charge < -0.3 is 10.1 Å². The zero-order valence-electron chi connectivity index (χ0n) is 10.1. The van der Waals surface area contributed by atoms with Crippen LogP contribution in [0.15, 0.2) is 24.3 Å². The van der Waals surface area contributed by atoms with Crippen LogP contribution >= 0.6 is 0 Å². The van der Waals surface area contributed by atoms with Gasteiger partial charge in [-0.1, -0.05) is 19.1 Å². The van der Waals surface area contributed by atoms with Gasteiger partial charge >= 0.3 is 0 Å². The Hall–Kier alpha value is -1.68. The quantitative estimate of drug-likeness (QED) is 0.768. The van der Waals surface area contributed by atoms with E-state index in [0.717, 1.165) is 6.29 Å². The zero-order valence-corrected chi connectivity index (χ0v) is 10.1. The summed E-state index contributed by atoms with van der Waals surface area (Å²) in [6.45, 7) is 2.51. The molecule has 1 N–H and O–H groups in total. The molecular weight excluding hydrogens is 218 g/mol. The molecule has 1 amide bonds. The number of hydrogen-bond acceptors (Lipinski definition) is 3. The van der Waals surface area contributed by atoms with Crippen LogP contribution in [-0.4, -0.2) is 25.9 Å². The van der Waals surface area contributed by atoms with Gasteiger partial charge in [0.2, 0.25) is 5.91 Å². The second kappa shape index (κ2) is 6.81. The van der Waals surface area contributed by atoms with Crippen LogP contribution in [0.25, 0.3) is 0 Å². The third-order valence-electron chi connectivity index (χ3n) is 2.29. The van der Waals surface area contributed by atoms with E-state index >= 15 is 0 Å². The Labute approximate surface area is 101 Å². The number of rotatable bonds is 6. The zero-order chi connectivity index (χ0) is 12.7. The number of methoxy groups -OCH3 is 1. The molecule has 1 aromatic rings. The molecule has 92 valence electrons. The summed E-state index contributed by atoms with van der Waals surface area (Å²) in [5.74, 6) is 0.104. The maximum Gasteiger partial charge on any atom is 0.224 e. The lowest BCUT2D eigenvalue weighted by Gasteiger charge is -2.10. The molecule has 0 bridgehead atoms. The first-order valence-corrected chi connectivity index (χ1v) is 5.49. The Bertz CT molecular complexity index is 390. The summed E-state index contributed by atoms with van der Waals surface area (Å²) in [5.41, 5.74) is 1.19. The minimum Gasteiger partial charge on any atom is -0.384 e. The molecule has 1 rings (SSSR count). The van der Waals surface area contributed by atoms with E-state index in [0.29, 0.717) is 24.3 Å². The van der Waals surface area contributed by atoms with Crippen molar-refractivity contribution >= 4 is 17.9 Å². The molecule has 4 nitrogen and oxygen atoms in total. The smallest absolute Gasteiger partial charge is 0.224 e. The van der Waals surface area contributed by atoms with Gasteiger partial charge in [0.15, 0.2) is 0 Å². The summed E-state index contributed by atoms with van der Waals surface area (Å²) < 4.78 is 4.96. The number of ether oxygens (including phenoxy) is 1. The molecule has 0 saturated heterocycles. The minimum absolute atomic E-state index is 0.0717. The van der Waals surface area contributed by atoms with Gasteiger partial charge in [-0.15, -0.1) is 0 Å². The molecule has 0 aliphatic carbocycles. The van der Waals surface area contributed by atoms with E-state index in [2.05, 4.69) is 5.32 Å². The van der Waals surface area contributed by atoms with Crippen LogP contribution < -0.4 is 5.32 Å². The number of benzene rings is 1. The minimum atomic E-state index is -0.0717. The first-order valence-electron chi connectivity index (χ1n) is 5.49. The van der Waals surface area contributed by atoms with E-state index in [1.165, 1.54) is 0 Å². The number of anilines is 1. The molecule has 1 aromatic carbocycles. The van der Waals surface area contributed by atoms with Gasteiger partial charge in [0.25, 0.3) is 0 Å².